The Morgan fingerprint density at radius 3 is 2.96 bits per heavy atom. The van der Waals surface area contributed by atoms with Crippen molar-refractivity contribution >= 4 is 33.0 Å². The van der Waals surface area contributed by atoms with Gasteiger partial charge in [0.2, 0.25) is 10.0 Å². The van der Waals surface area contributed by atoms with Crippen molar-refractivity contribution in [2.75, 3.05) is 17.0 Å². The maximum atomic E-state index is 12.7. The van der Waals surface area contributed by atoms with E-state index in [1.54, 1.807) is 42.5 Å². The first-order valence-corrected chi connectivity index (χ1v) is 9.97. The first-order valence-electron chi connectivity index (χ1n) is 7.43. The number of carbonyl (C=O) groups is 1. The van der Waals surface area contributed by atoms with Crippen LogP contribution in [0.3, 0.4) is 0 Å². The Morgan fingerprint density at radius 1 is 1.35 bits per heavy atom. The van der Waals surface area contributed by atoms with Crippen molar-refractivity contribution in [1.29, 1.82) is 0 Å². The molecule has 0 aliphatic carbocycles. The predicted octanol–water partition coefficient (Wildman–Crippen LogP) is 2.71. The van der Waals surface area contributed by atoms with Crippen LogP contribution >= 0.6 is 11.3 Å². The Morgan fingerprint density at radius 2 is 2.17 bits per heavy atom. The van der Waals surface area contributed by atoms with Crippen LogP contribution < -0.4 is 4.72 Å². The molecule has 1 aromatic carbocycles. The predicted molar refractivity (Wildman–Crippen MR) is 92.3 cm³/mol. The van der Waals surface area contributed by atoms with Crippen LogP contribution in [-0.2, 0) is 23.0 Å². The van der Waals surface area contributed by atoms with E-state index in [1.165, 1.54) is 10.4 Å². The molecule has 1 aliphatic rings. The van der Waals surface area contributed by atoms with E-state index in [4.69, 9.17) is 0 Å². The summed E-state index contributed by atoms with van der Waals surface area (Å²) in [5.41, 5.74) is 2.13. The van der Waals surface area contributed by atoms with Crippen LogP contribution in [0, 0.1) is 0 Å². The van der Waals surface area contributed by atoms with E-state index in [-0.39, 0.29) is 11.7 Å². The Hall–Kier alpha value is -1.86. The number of rotatable bonds is 4. The lowest BCUT2D eigenvalue weighted by Crippen LogP contribution is -2.35. The fourth-order valence-corrected chi connectivity index (χ4v) is 4.09. The lowest BCUT2D eigenvalue weighted by atomic mass is 10.1. The van der Waals surface area contributed by atoms with Crippen LogP contribution in [0.15, 0.2) is 35.7 Å². The van der Waals surface area contributed by atoms with E-state index in [9.17, 15) is 13.2 Å². The monoisotopic (exact) mass is 350 g/mol. The molecular formula is C16H18N2O3S2. The van der Waals surface area contributed by atoms with Crippen molar-refractivity contribution in [2.24, 2.45) is 0 Å². The zero-order valence-electron chi connectivity index (χ0n) is 12.8. The van der Waals surface area contributed by atoms with Gasteiger partial charge in [-0.05, 0) is 48.6 Å². The summed E-state index contributed by atoms with van der Waals surface area (Å²) in [5, 5.41) is 2.05. The molecule has 7 heteroatoms. The van der Waals surface area contributed by atoms with Gasteiger partial charge in [-0.15, -0.1) is 11.3 Å². The minimum atomic E-state index is -3.35. The van der Waals surface area contributed by atoms with E-state index in [0.717, 1.165) is 6.42 Å². The first-order chi connectivity index (χ1) is 11.0. The molecule has 0 saturated carbocycles. The largest absolute Gasteiger partial charge is 0.334 e. The Kier molecular flexibility index (Phi) is 4.41. The molecule has 3 rings (SSSR count). The second-order valence-corrected chi connectivity index (χ2v) is 8.44. The van der Waals surface area contributed by atoms with Gasteiger partial charge in [0.25, 0.3) is 5.91 Å². The van der Waals surface area contributed by atoms with Gasteiger partial charge in [-0.3, -0.25) is 9.52 Å². The van der Waals surface area contributed by atoms with Crippen molar-refractivity contribution in [3.05, 3.63) is 51.7 Å². The highest BCUT2D eigenvalue weighted by molar-refractivity contribution is 7.92. The summed E-state index contributed by atoms with van der Waals surface area (Å²) in [6, 6.07) is 8.72. The van der Waals surface area contributed by atoms with Crippen molar-refractivity contribution in [3.63, 3.8) is 0 Å². The van der Waals surface area contributed by atoms with Gasteiger partial charge in [-0.2, -0.15) is 0 Å². The molecular weight excluding hydrogens is 332 g/mol. The minimum absolute atomic E-state index is 0.00175. The van der Waals surface area contributed by atoms with Crippen LogP contribution in [0.25, 0.3) is 0 Å². The average Bonchev–Trinajstić information content (AvgIpc) is 3.01. The Labute approximate surface area is 140 Å². The van der Waals surface area contributed by atoms with E-state index >= 15 is 0 Å². The summed E-state index contributed by atoms with van der Waals surface area (Å²) in [5.74, 6) is -0.0718. The summed E-state index contributed by atoms with van der Waals surface area (Å²) >= 11 is 1.73. The lowest BCUT2D eigenvalue weighted by molar-refractivity contribution is 0.0736. The van der Waals surface area contributed by atoms with Crippen LogP contribution in [0.1, 0.15) is 27.7 Å². The smallest absolute Gasteiger partial charge is 0.254 e. The molecule has 0 spiro atoms. The second-order valence-electron chi connectivity index (χ2n) is 5.43. The molecule has 2 aromatic rings. The topological polar surface area (TPSA) is 66.5 Å². The van der Waals surface area contributed by atoms with E-state index in [0.29, 0.717) is 24.3 Å². The van der Waals surface area contributed by atoms with Crippen molar-refractivity contribution in [2.45, 2.75) is 19.9 Å². The molecule has 23 heavy (non-hydrogen) atoms. The van der Waals surface area contributed by atoms with Gasteiger partial charge in [-0.25, -0.2) is 8.42 Å². The van der Waals surface area contributed by atoms with E-state index in [1.807, 2.05) is 4.90 Å². The van der Waals surface area contributed by atoms with E-state index in [2.05, 4.69) is 16.2 Å². The molecule has 122 valence electrons. The number of carbonyl (C=O) groups excluding carboxylic acids is 1. The molecule has 0 radical (unpaired) electrons. The molecule has 5 nitrogen and oxygen atoms in total. The maximum Gasteiger partial charge on any atom is 0.254 e. The van der Waals surface area contributed by atoms with Crippen molar-refractivity contribution < 1.29 is 13.2 Å². The van der Waals surface area contributed by atoms with Crippen LogP contribution in [0.4, 0.5) is 5.69 Å². The molecule has 1 aromatic heterocycles. The van der Waals surface area contributed by atoms with Crippen LogP contribution in [0.5, 0.6) is 0 Å². The SMILES string of the molecule is CCS(=O)(=O)Nc1cccc(C(=O)N2CCc3sccc3C2)c1. The van der Waals surface area contributed by atoms with Crippen molar-refractivity contribution in [1.82, 2.24) is 4.90 Å². The van der Waals surface area contributed by atoms with E-state index < -0.39 is 10.0 Å². The number of sulfonamides is 1. The normalized spacial score (nSPS) is 14.4. The number of amides is 1. The fourth-order valence-electron chi connectivity index (χ4n) is 2.57. The maximum absolute atomic E-state index is 12.7. The highest BCUT2D eigenvalue weighted by Crippen LogP contribution is 2.25. The molecule has 0 saturated heterocycles. The Balaban J connectivity index is 1.78. The fraction of sp³-hybridized carbons (Fsp3) is 0.312. The van der Waals surface area contributed by atoms with Gasteiger partial charge in [0.15, 0.2) is 0 Å². The zero-order chi connectivity index (χ0) is 16.4. The molecule has 1 amide bonds. The summed E-state index contributed by atoms with van der Waals surface area (Å²) in [6.07, 6.45) is 0.876. The average molecular weight is 350 g/mol. The highest BCUT2D eigenvalue weighted by Gasteiger charge is 2.22. The third-order valence-corrected chi connectivity index (χ3v) is 6.19. The lowest BCUT2D eigenvalue weighted by Gasteiger charge is -2.27. The Bertz CT molecular complexity index is 827. The van der Waals surface area contributed by atoms with Crippen LogP contribution in [0.2, 0.25) is 0 Å². The summed E-state index contributed by atoms with van der Waals surface area (Å²) in [7, 11) is -3.35. The highest BCUT2D eigenvalue weighted by atomic mass is 32.2. The molecule has 0 bridgehead atoms. The van der Waals surface area contributed by atoms with Gasteiger partial charge < -0.3 is 4.90 Å². The summed E-state index contributed by atoms with van der Waals surface area (Å²) in [4.78, 5) is 15.8. The van der Waals surface area contributed by atoms with Crippen LogP contribution in [-0.4, -0.2) is 31.5 Å². The number of anilines is 1. The van der Waals surface area contributed by atoms with Gasteiger partial charge in [0.05, 0.1) is 5.75 Å². The first kappa shape index (κ1) is 16.0. The van der Waals surface area contributed by atoms with Gasteiger partial charge in [0, 0.05) is 29.2 Å². The molecule has 0 atom stereocenters. The third-order valence-electron chi connectivity index (χ3n) is 3.86. The molecule has 1 N–H and O–H groups in total. The molecule has 2 heterocycles. The molecule has 0 unspecified atom stereocenters. The van der Waals surface area contributed by atoms with Crippen molar-refractivity contribution in [3.8, 4) is 0 Å². The summed E-state index contributed by atoms with van der Waals surface area (Å²) < 4.78 is 25.8. The molecule has 0 fully saturated rings. The minimum Gasteiger partial charge on any atom is -0.334 e. The number of fused-ring (bicyclic) bond motifs is 1. The summed E-state index contributed by atoms with van der Waals surface area (Å²) in [6.45, 7) is 2.88. The van der Waals surface area contributed by atoms with Gasteiger partial charge >= 0.3 is 0 Å². The number of hydrogen-bond acceptors (Lipinski definition) is 4. The standard InChI is InChI=1S/C16H18N2O3S2/c1-2-23(20,21)17-14-5-3-4-12(10-14)16(19)18-8-6-15-13(11-18)7-9-22-15/h3-5,7,9-10,17H,2,6,8,11H2,1H3. The van der Waals surface area contributed by atoms with Gasteiger partial charge in [-0.1, -0.05) is 6.07 Å². The number of hydrogen-bond donors (Lipinski definition) is 1. The number of benzene rings is 1. The quantitative estimate of drug-likeness (QED) is 0.922. The van der Waals surface area contributed by atoms with Gasteiger partial charge in [0.1, 0.15) is 0 Å². The second kappa shape index (κ2) is 6.33. The molecule has 1 aliphatic heterocycles. The number of nitrogens with zero attached hydrogens (tertiary/aromatic N) is 1. The zero-order valence-corrected chi connectivity index (χ0v) is 14.4. The third kappa shape index (κ3) is 3.56. The number of thiophene rings is 1. The number of nitrogens with one attached hydrogen (secondary N) is 1.